The smallest absolute Gasteiger partial charge is 0.417 e. The van der Waals surface area contributed by atoms with E-state index < -0.39 is 41.2 Å². The molecule has 0 aromatic rings. The van der Waals surface area contributed by atoms with Gasteiger partial charge in [0.1, 0.15) is 39.2 Å². The molecule has 684 valence electrons. The van der Waals surface area contributed by atoms with Gasteiger partial charge in [0.25, 0.3) is 0 Å². The van der Waals surface area contributed by atoms with Gasteiger partial charge in [-0.3, -0.25) is 19.2 Å². The zero-order valence-corrected chi connectivity index (χ0v) is 76.9. The Hall–Kier alpha value is -6.43. The summed E-state index contributed by atoms with van der Waals surface area (Å²) in [5.41, 5.74) is -2.43. The third-order valence-electron chi connectivity index (χ3n) is 28.8. The molecule has 0 unspecified atom stereocenters. The molecule has 119 heavy (non-hydrogen) atoms. The molecule has 0 aromatic carbocycles. The zero-order chi connectivity index (χ0) is 87.3. The van der Waals surface area contributed by atoms with Crippen LogP contribution in [0.3, 0.4) is 0 Å². The summed E-state index contributed by atoms with van der Waals surface area (Å²) in [4.78, 5) is 140. The second-order valence-electron chi connectivity index (χ2n) is 38.4. The van der Waals surface area contributed by atoms with Gasteiger partial charge in [0.05, 0.1) is 0 Å². The van der Waals surface area contributed by atoms with Crippen LogP contribution in [-0.4, -0.2) is 205 Å². The molecule has 4 bridgehead atoms. The molecule has 7 heterocycles. The van der Waals surface area contributed by atoms with Crippen LogP contribution in [0.5, 0.6) is 0 Å². The van der Waals surface area contributed by atoms with Crippen LogP contribution in [-0.2, 0) is 52.3 Å². The number of hydrogen-bond acceptors (Lipinski definition) is 18. The Bertz CT molecular complexity index is 3150. The molecule has 25 nitrogen and oxygen atoms in total. The van der Waals surface area contributed by atoms with Gasteiger partial charge >= 0.3 is 42.7 Å². The first-order valence-corrected chi connectivity index (χ1v) is 46.9. The van der Waals surface area contributed by atoms with Crippen molar-refractivity contribution in [2.45, 2.75) is 435 Å². The van der Waals surface area contributed by atoms with Gasteiger partial charge in [0.2, 0.25) is 23.6 Å². The minimum absolute atomic E-state index is 0. The van der Waals surface area contributed by atoms with Gasteiger partial charge in [-0.15, -0.1) is 0 Å². The Balaban J connectivity index is 0.000000248. The molecule has 6 aliphatic carbocycles. The number of piperidine rings is 3. The van der Waals surface area contributed by atoms with Crippen molar-refractivity contribution < 1.29 is 85.9 Å². The number of ether oxygens (including phenoxy) is 7. The molecule has 25 heteroatoms. The molecule has 11 amide bonds. The van der Waals surface area contributed by atoms with Crippen molar-refractivity contribution in [3.05, 3.63) is 0 Å². The average molecular weight is 1680 g/mol. The fourth-order valence-corrected chi connectivity index (χ4v) is 19.2. The van der Waals surface area contributed by atoms with Crippen molar-refractivity contribution in [3.63, 3.8) is 0 Å². The summed E-state index contributed by atoms with van der Waals surface area (Å²) in [5.74, 6) is 2.86. The van der Waals surface area contributed by atoms with Gasteiger partial charge in [-0.25, -0.2) is 53.2 Å². The monoisotopic (exact) mass is 1680 g/mol. The van der Waals surface area contributed by atoms with Crippen molar-refractivity contribution in [2.24, 2.45) is 35.0 Å². The molecule has 0 radical (unpaired) electrons. The number of imide groups is 4. The molecule has 13 fully saturated rings. The van der Waals surface area contributed by atoms with E-state index in [0.717, 1.165) is 198 Å². The lowest BCUT2D eigenvalue weighted by atomic mass is 9.46. The molecular formula is C94H165N7O18. The van der Waals surface area contributed by atoms with Crippen molar-refractivity contribution in [1.29, 1.82) is 0 Å². The molecule has 7 saturated heterocycles. The van der Waals surface area contributed by atoms with Crippen molar-refractivity contribution in [3.8, 4) is 0 Å². The Labute approximate surface area is 718 Å². The highest BCUT2D eigenvalue weighted by atomic mass is 16.6. The van der Waals surface area contributed by atoms with Crippen molar-refractivity contribution in [1.82, 2.24) is 34.3 Å². The van der Waals surface area contributed by atoms with Crippen LogP contribution in [0.1, 0.15) is 395 Å². The molecule has 7 aliphatic heterocycles. The maximum Gasteiger partial charge on any atom is 0.417 e. The fraction of sp³-hybridized carbons (Fsp3) is 0.883. The van der Waals surface area contributed by atoms with E-state index in [2.05, 4.69) is 55.4 Å². The van der Waals surface area contributed by atoms with Crippen LogP contribution >= 0.6 is 0 Å². The van der Waals surface area contributed by atoms with Gasteiger partial charge in [-0.1, -0.05) is 102 Å². The SMILES string of the molecule is C.CC(C)(OC(=O)N1CCCC1=O)C12CC3CC(CC(C3)C1)C2.CC(C)(OC(=O)N1CCCCC1)C1CCCCC1.CC(C)C(C)(C)OC(=O)N1CCCC1=O.CCC(C)(C)OC(=O)N1CCCCC1.CCC(CC)(CC)OC(=O)N1CCCC1=O.CCC(CC)(CC)OC(=O)N1CCCCC1.CCC1(OC(=O)N2CCCC2=O)CCCCC1. The van der Waals surface area contributed by atoms with E-state index in [1.807, 2.05) is 83.9 Å². The molecule has 13 aliphatic rings. The van der Waals surface area contributed by atoms with E-state index in [9.17, 15) is 52.7 Å². The molecule has 0 N–H and O–H groups in total. The van der Waals surface area contributed by atoms with E-state index in [1.54, 1.807) is 0 Å². The first kappa shape index (κ1) is 103. The number of carbonyl (C=O) groups excluding carboxylic acids is 11. The molecule has 13 rings (SSSR count). The summed E-state index contributed by atoms with van der Waals surface area (Å²) in [6, 6.07) is 0. The van der Waals surface area contributed by atoms with Crippen LogP contribution in [0.2, 0.25) is 0 Å². The maximum atomic E-state index is 12.4. The highest BCUT2D eigenvalue weighted by molar-refractivity contribution is 5.95. The van der Waals surface area contributed by atoms with Gasteiger partial charge < -0.3 is 47.9 Å². The van der Waals surface area contributed by atoms with Crippen LogP contribution in [0.25, 0.3) is 0 Å². The van der Waals surface area contributed by atoms with E-state index in [1.165, 1.54) is 116 Å². The van der Waals surface area contributed by atoms with Crippen LogP contribution in [0, 0.1) is 35.0 Å². The quantitative estimate of drug-likeness (QED) is 0.115. The third kappa shape index (κ3) is 30.2. The lowest BCUT2D eigenvalue weighted by Gasteiger charge is -2.61. The highest BCUT2D eigenvalue weighted by Crippen LogP contribution is 2.64. The lowest BCUT2D eigenvalue weighted by Crippen LogP contribution is -2.58. The van der Waals surface area contributed by atoms with Gasteiger partial charge in [0, 0.05) is 96.5 Å². The summed E-state index contributed by atoms with van der Waals surface area (Å²) in [7, 11) is 0. The normalized spacial score (nSPS) is 23.2. The first-order chi connectivity index (χ1) is 55.8. The predicted molar refractivity (Wildman–Crippen MR) is 464 cm³/mol. The topological polar surface area (TPSA) is 275 Å². The zero-order valence-electron chi connectivity index (χ0n) is 76.9. The number of rotatable bonds is 18. The van der Waals surface area contributed by atoms with E-state index in [-0.39, 0.29) is 83.1 Å². The lowest BCUT2D eigenvalue weighted by molar-refractivity contribution is -0.167. The molecule has 0 spiro atoms. The van der Waals surface area contributed by atoms with E-state index >= 15 is 0 Å². The molecule has 6 saturated carbocycles. The Morgan fingerprint density at radius 1 is 0.361 bits per heavy atom. The standard InChI is InChI=1S/C18H27NO3.C15H27NO2.C13H21NO3.C13H25NO2.C12H21NO3.C11H19NO3.C11H21NO2.CH4/c1-17(2,22-16(21)19-5-3-4-15(19)20)18-9-12-6-13(10-18)8-14(7-12)11-18;1-15(2,13-9-5-3-6-10-13)18-14(17)16-11-7-4-8-12-16;1-2-13(8-4-3-5-9-13)17-12(16)14-10-6-7-11(14)15;1-4-13(5-2,6-3)16-12(15)14-10-8-7-9-11-14;1-4-12(5-2,6-3)16-11(15)13-9-7-8-10(13)14;1-8(2)11(3,4)15-10(14)12-7-5-6-9(12)13;1-4-11(2,3)14-10(13)12-8-6-5-7-9-12;/h12-14H,3-11H2,1-2H3;13H,3-12H2,1-2H3;2-10H2,1H3;4-11H2,1-3H3;4-9H2,1-3H3;8H,5-7H2,1-4H3;4-9H2,1-3H3;1H4. The second-order valence-corrected chi connectivity index (χ2v) is 38.4. The third-order valence-corrected chi connectivity index (χ3v) is 28.8. The molecular weight excluding hydrogens is 1520 g/mol. The minimum Gasteiger partial charge on any atom is -0.443 e. The minimum atomic E-state index is -0.528. The van der Waals surface area contributed by atoms with Crippen molar-refractivity contribution in [2.75, 3.05) is 65.4 Å². The largest absolute Gasteiger partial charge is 0.443 e. The second kappa shape index (κ2) is 48.0. The van der Waals surface area contributed by atoms with Crippen molar-refractivity contribution >= 4 is 66.3 Å². The Morgan fingerprint density at radius 3 is 1.00 bits per heavy atom. The number of amides is 11. The first-order valence-electron chi connectivity index (χ1n) is 46.9. The Kier molecular flexibility index (Phi) is 41.6. The maximum absolute atomic E-state index is 12.4. The summed E-state index contributed by atoms with van der Waals surface area (Å²) in [6.07, 6.45) is 39.4. The summed E-state index contributed by atoms with van der Waals surface area (Å²) >= 11 is 0. The number of carbonyl (C=O) groups is 11. The van der Waals surface area contributed by atoms with Gasteiger partial charge in [0.15, 0.2) is 0 Å². The average Bonchev–Trinajstić information content (AvgIpc) is 1.72. The van der Waals surface area contributed by atoms with Gasteiger partial charge in [-0.2, -0.15) is 0 Å². The van der Waals surface area contributed by atoms with Crippen LogP contribution in [0.4, 0.5) is 33.6 Å². The number of hydrogen-bond donors (Lipinski definition) is 0. The fourth-order valence-electron chi connectivity index (χ4n) is 19.2. The summed E-state index contributed by atoms with van der Waals surface area (Å²) in [5, 5.41) is 0. The number of likely N-dealkylation sites (tertiary alicyclic amines) is 7. The van der Waals surface area contributed by atoms with E-state index in [0.29, 0.717) is 57.8 Å². The summed E-state index contributed by atoms with van der Waals surface area (Å²) < 4.78 is 39.3. The van der Waals surface area contributed by atoms with Crippen LogP contribution < -0.4 is 0 Å². The Morgan fingerprint density at radius 2 is 0.672 bits per heavy atom. The summed E-state index contributed by atoms with van der Waals surface area (Å²) in [6.45, 7) is 43.6. The predicted octanol–water partition coefficient (Wildman–Crippen LogP) is 22.5. The molecule has 0 atom stereocenters. The molecule has 0 aromatic heterocycles. The van der Waals surface area contributed by atoms with Gasteiger partial charge in [-0.05, 0) is 297 Å². The van der Waals surface area contributed by atoms with E-state index in [4.69, 9.17) is 33.2 Å². The number of nitrogens with zero attached hydrogens (tertiary/aromatic N) is 7. The highest BCUT2D eigenvalue weighted by Gasteiger charge is 2.59. The van der Waals surface area contributed by atoms with Crippen LogP contribution in [0.15, 0.2) is 0 Å².